The molecular weight excluding hydrogens is 556 g/mol. The third-order valence-electron chi connectivity index (χ3n) is 9.78. The molecule has 0 saturated heterocycles. The van der Waals surface area contributed by atoms with E-state index in [9.17, 15) is 10.1 Å². The fourth-order valence-corrected chi connectivity index (χ4v) is 8.30. The van der Waals surface area contributed by atoms with Gasteiger partial charge in [-0.2, -0.15) is 5.10 Å². The first-order chi connectivity index (χ1) is 20.4. The molecular formula is C32H33ClN4O5. The van der Waals surface area contributed by atoms with Crippen LogP contribution in [0.5, 0.6) is 11.5 Å². The van der Waals surface area contributed by atoms with Crippen molar-refractivity contribution < 1.29 is 24.4 Å². The Balaban J connectivity index is 1.36. The number of carbonyl (C=O) groups excluding carboxylic acids is 1. The summed E-state index contributed by atoms with van der Waals surface area (Å²) in [5, 5.41) is 19.3. The molecule has 10 heteroatoms. The zero-order valence-corrected chi connectivity index (χ0v) is 24.3. The smallest absolute Gasteiger partial charge is 0.272 e. The summed E-state index contributed by atoms with van der Waals surface area (Å²) < 4.78 is 13.2. The lowest BCUT2D eigenvalue weighted by Gasteiger charge is -2.60. The second kappa shape index (κ2) is 10.6. The van der Waals surface area contributed by atoms with E-state index in [1.165, 1.54) is 6.42 Å². The summed E-state index contributed by atoms with van der Waals surface area (Å²) >= 11 is 6.28. The van der Waals surface area contributed by atoms with Crippen molar-refractivity contribution in [2.45, 2.75) is 37.6 Å². The molecule has 0 unspecified atom stereocenters. The normalized spacial score (nSPS) is 26.0. The van der Waals surface area contributed by atoms with Gasteiger partial charge in [0.15, 0.2) is 5.69 Å². The number of carbonyl (C=O) groups is 1. The first-order valence-electron chi connectivity index (χ1n) is 14.4. The molecule has 4 bridgehead atoms. The SMILES string of the molecule is COc1cccc(OC)c1-c1cc(C(=O)NC2(COO)C3CC4CC(C3)CC2C4)nn1-c1ccnc2cc(Cl)ccc12. The van der Waals surface area contributed by atoms with Gasteiger partial charge < -0.3 is 14.8 Å². The summed E-state index contributed by atoms with van der Waals surface area (Å²) in [5.74, 6) is 2.74. The van der Waals surface area contributed by atoms with E-state index < -0.39 is 5.54 Å². The van der Waals surface area contributed by atoms with E-state index in [2.05, 4.69) is 10.3 Å². The Kier molecular flexibility index (Phi) is 6.84. The van der Waals surface area contributed by atoms with Crippen molar-refractivity contribution in [1.82, 2.24) is 20.1 Å². The Bertz CT molecular complexity index is 1620. The molecule has 4 aromatic rings. The molecule has 0 aliphatic heterocycles. The van der Waals surface area contributed by atoms with Crippen LogP contribution in [-0.4, -0.2) is 52.3 Å². The van der Waals surface area contributed by atoms with E-state index in [1.807, 2.05) is 30.3 Å². The molecule has 2 heterocycles. The highest BCUT2D eigenvalue weighted by Crippen LogP contribution is 2.58. The number of hydrogen-bond donors (Lipinski definition) is 2. The number of hydrogen-bond acceptors (Lipinski definition) is 7. The number of amides is 1. The lowest BCUT2D eigenvalue weighted by Crippen LogP contribution is -2.68. The van der Waals surface area contributed by atoms with Gasteiger partial charge in [-0.25, -0.2) is 9.57 Å². The van der Waals surface area contributed by atoms with Gasteiger partial charge in [0.1, 0.15) is 18.1 Å². The predicted molar refractivity (Wildman–Crippen MR) is 158 cm³/mol. The van der Waals surface area contributed by atoms with E-state index in [0.29, 0.717) is 45.1 Å². The fraction of sp³-hybridized carbons (Fsp3) is 0.406. The maximum Gasteiger partial charge on any atom is 0.272 e. The molecule has 4 fully saturated rings. The minimum absolute atomic E-state index is 0.0666. The number of fused-ring (bicyclic) bond motifs is 1. The minimum Gasteiger partial charge on any atom is -0.496 e. The van der Waals surface area contributed by atoms with Gasteiger partial charge in [-0.05, 0) is 98.2 Å². The maximum absolute atomic E-state index is 14.1. The van der Waals surface area contributed by atoms with Gasteiger partial charge in [-0.15, -0.1) is 0 Å². The Morgan fingerprint density at radius 2 is 1.71 bits per heavy atom. The molecule has 0 atom stereocenters. The minimum atomic E-state index is -0.633. The molecule has 0 radical (unpaired) electrons. The van der Waals surface area contributed by atoms with Gasteiger partial charge in [0, 0.05) is 16.6 Å². The van der Waals surface area contributed by atoms with E-state index in [1.54, 1.807) is 43.3 Å². The largest absolute Gasteiger partial charge is 0.496 e. The van der Waals surface area contributed by atoms with Gasteiger partial charge >= 0.3 is 0 Å². The molecule has 2 N–H and O–H groups in total. The van der Waals surface area contributed by atoms with Crippen LogP contribution in [0.1, 0.15) is 42.6 Å². The number of rotatable bonds is 8. The van der Waals surface area contributed by atoms with Crippen LogP contribution in [-0.2, 0) is 4.89 Å². The summed E-state index contributed by atoms with van der Waals surface area (Å²) in [6, 6.07) is 14.7. The Morgan fingerprint density at radius 3 is 2.36 bits per heavy atom. The lowest BCUT2D eigenvalue weighted by molar-refractivity contribution is -0.272. The molecule has 218 valence electrons. The van der Waals surface area contributed by atoms with Crippen molar-refractivity contribution in [1.29, 1.82) is 0 Å². The Labute approximate surface area is 248 Å². The number of nitrogens with zero attached hydrogens (tertiary/aromatic N) is 3. The molecule has 9 nitrogen and oxygen atoms in total. The summed E-state index contributed by atoms with van der Waals surface area (Å²) in [6.07, 6.45) is 7.14. The summed E-state index contributed by atoms with van der Waals surface area (Å²) in [5.41, 5.74) is 2.31. The molecule has 4 aliphatic carbocycles. The van der Waals surface area contributed by atoms with Crippen LogP contribution in [0, 0.1) is 23.7 Å². The standard InChI is InChI=1S/C32H33ClN4O5/c1-40-28-4-3-5-29(41-2)30(28)27-16-25(36-37(27)26-8-9-34-24-15-22(33)6-7-23(24)26)31(38)35-32(17-42-39)20-11-18-10-19(13-20)14-21(32)12-18/h3-9,15-16,18-21,39H,10-14,17H2,1-2H3,(H,35,38). The topological polar surface area (TPSA) is 108 Å². The molecule has 0 spiro atoms. The van der Waals surface area contributed by atoms with Crippen LogP contribution in [0.3, 0.4) is 0 Å². The highest BCUT2D eigenvalue weighted by atomic mass is 35.5. The predicted octanol–water partition coefficient (Wildman–Crippen LogP) is 6.17. The maximum atomic E-state index is 14.1. The highest BCUT2D eigenvalue weighted by Gasteiger charge is 2.58. The number of methoxy groups -OCH3 is 2. The molecule has 2 aromatic heterocycles. The quantitative estimate of drug-likeness (QED) is 0.187. The second-order valence-electron chi connectivity index (χ2n) is 11.9. The van der Waals surface area contributed by atoms with Crippen molar-refractivity contribution in [2.24, 2.45) is 23.7 Å². The second-order valence-corrected chi connectivity index (χ2v) is 12.4. The van der Waals surface area contributed by atoms with Crippen LogP contribution >= 0.6 is 11.6 Å². The summed E-state index contributed by atoms with van der Waals surface area (Å²) in [7, 11) is 3.20. The third-order valence-corrected chi connectivity index (χ3v) is 10.0. The van der Waals surface area contributed by atoms with E-state index in [-0.39, 0.29) is 30.0 Å². The molecule has 2 aromatic carbocycles. The van der Waals surface area contributed by atoms with Gasteiger partial charge in [0.05, 0.1) is 42.2 Å². The number of ether oxygens (including phenoxy) is 2. The molecule has 8 rings (SSSR count). The molecule has 42 heavy (non-hydrogen) atoms. The van der Waals surface area contributed by atoms with Gasteiger partial charge in [0.2, 0.25) is 0 Å². The van der Waals surface area contributed by atoms with Crippen molar-refractivity contribution >= 4 is 28.4 Å². The Morgan fingerprint density at radius 1 is 1.02 bits per heavy atom. The Hall–Kier alpha value is -3.66. The number of pyridine rings is 1. The van der Waals surface area contributed by atoms with Gasteiger partial charge in [-0.1, -0.05) is 17.7 Å². The zero-order valence-electron chi connectivity index (χ0n) is 23.5. The monoisotopic (exact) mass is 588 g/mol. The first-order valence-corrected chi connectivity index (χ1v) is 14.8. The molecule has 4 saturated carbocycles. The van der Waals surface area contributed by atoms with Crippen molar-refractivity contribution in [3.05, 3.63) is 65.4 Å². The summed E-state index contributed by atoms with van der Waals surface area (Å²) in [4.78, 5) is 23.4. The molecule has 4 aliphatic rings. The zero-order chi connectivity index (χ0) is 29.0. The van der Waals surface area contributed by atoms with E-state index >= 15 is 0 Å². The van der Waals surface area contributed by atoms with E-state index in [4.69, 9.17) is 31.1 Å². The van der Waals surface area contributed by atoms with Gasteiger partial charge in [0.25, 0.3) is 5.91 Å². The van der Waals surface area contributed by atoms with E-state index in [0.717, 1.165) is 36.8 Å². The fourth-order valence-electron chi connectivity index (χ4n) is 8.13. The molecule has 1 amide bonds. The summed E-state index contributed by atoms with van der Waals surface area (Å²) in [6.45, 7) is 0.0666. The van der Waals surface area contributed by atoms with Crippen molar-refractivity contribution in [3.63, 3.8) is 0 Å². The number of nitrogens with one attached hydrogen (secondary N) is 1. The van der Waals surface area contributed by atoms with Gasteiger partial charge in [-0.3, -0.25) is 15.0 Å². The van der Waals surface area contributed by atoms with Crippen LogP contribution in [0.2, 0.25) is 5.02 Å². The van der Waals surface area contributed by atoms with Crippen LogP contribution in [0.15, 0.2) is 54.7 Å². The third kappa shape index (κ3) is 4.33. The lowest BCUT2D eigenvalue weighted by atomic mass is 9.48. The van der Waals surface area contributed by atoms with Crippen LogP contribution in [0.25, 0.3) is 27.8 Å². The highest BCUT2D eigenvalue weighted by molar-refractivity contribution is 6.31. The van der Waals surface area contributed by atoms with Crippen molar-refractivity contribution in [2.75, 3.05) is 20.8 Å². The average Bonchev–Trinajstić information content (AvgIpc) is 3.43. The van der Waals surface area contributed by atoms with Crippen LogP contribution in [0.4, 0.5) is 0 Å². The number of aromatic nitrogens is 3. The first kappa shape index (κ1) is 27.2. The number of benzene rings is 2. The average molecular weight is 589 g/mol. The number of halogens is 1. The van der Waals surface area contributed by atoms with Crippen molar-refractivity contribution in [3.8, 4) is 28.4 Å². The van der Waals surface area contributed by atoms with Crippen LogP contribution < -0.4 is 14.8 Å².